The standard InChI is InChI=1S/C18H17ClN4O2S2/c19-14-11-13(27(24,25)23-18-21-9-10-26-18)6-7-15(14)22-16-5-1-3-12-4-2-8-20-17(12)16/h2,4,6-11,16,22H,1,3,5H2,(H,21,23). The molecule has 0 bridgehead atoms. The molecular formula is C18H17ClN4O2S2. The number of hydrogen-bond acceptors (Lipinski definition) is 6. The average molecular weight is 421 g/mol. The van der Waals surface area contributed by atoms with E-state index in [0.717, 1.165) is 25.0 Å². The SMILES string of the molecule is O=S(=O)(Nc1nccs1)c1ccc(NC2CCCc3cccnc32)c(Cl)c1. The number of rotatable bonds is 5. The second-order valence-electron chi connectivity index (χ2n) is 6.22. The van der Waals surface area contributed by atoms with Crippen LogP contribution in [0.15, 0.2) is 53.0 Å². The molecule has 6 nitrogen and oxygen atoms in total. The molecule has 0 aliphatic heterocycles. The second kappa shape index (κ2) is 7.46. The monoisotopic (exact) mass is 420 g/mol. The summed E-state index contributed by atoms with van der Waals surface area (Å²) in [6.07, 6.45) is 6.37. The molecule has 0 amide bonds. The van der Waals surface area contributed by atoms with Crippen LogP contribution in [0.1, 0.15) is 30.1 Å². The molecule has 1 aliphatic carbocycles. The molecule has 2 heterocycles. The van der Waals surface area contributed by atoms with E-state index in [0.29, 0.717) is 15.8 Å². The molecule has 9 heteroatoms. The van der Waals surface area contributed by atoms with E-state index in [1.165, 1.54) is 29.0 Å². The van der Waals surface area contributed by atoms with Gasteiger partial charge in [0.25, 0.3) is 10.0 Å². The summed E-state index contributed by atoms with van der Waals surface area (Å²) in [6, 6.07) is 8.77. The first-order chi connectivity index (χ1) is 13.0. The number of fused-ring (bicyclic) bond motifs is 1. The molecule has 0 radical (unpaired) electrons. The van der Waals surface area contributed by atoms with E-state index in [-0.39, 0.29) is 10.9 Å². The molecule has 0 fully saturated rings. The maximum Gasteiger partial charge on any atom is 0.263 e. The number of pyridine rings is 1. The van der Waals surface area contributed by atoms with E-state index >= 15 is 0 Å². The van der Waals surface area contributed by atoms with E-state index in [9.17, 15) is 8.42 Å². The van der Waals surface area contributed by atoms with Crippen molar-refractivity contribution in [2.75, 3.05) is 10.0 Å². The molecule has 0 spiro atoms. The summed E-state index contributed by atoms with van der Waals surface area (Å²) in [7, 11) is -3.73. The Balaban J connectivity index is 1.56. The zero-order valence-corrected chi connectivity index (χ0v) is 16.6. The number of aryl methyl sites for hydroxylation is 1. The third-order valence-electron chi connectivity index (χ3n) is 4.43. The van der Waals surface area contributed by atoms with Crippen LogP contribution in [0.2, 0.25) is 5.02 Å². The lowest BCUT2D eigenvalue weighted by atomic mass is 9.92. The predicted octanol–water partition coefficient (Wildman–Crippen LogP) is 4.48. The Morgan fingerprint density at radius 3 is 2.85 bits per heavy atom. The Labute approximate surface area is 166 Å². The Bertz CT molecular complexity index is 1050. The summed E-state index contributed by atoms with van der Waals surface area (Å²) in [5.74, 6) is 0. The smallest absolute Gasteiger partial charge is 0.263 e. The second-order valence-corrected chi connectivity index (χ2v) is 9.21. The summed E-state index contributed by atoms with van der Waals surface area (Å²) >= 11 is 7.59. The van der Waals surface area contributed by atoms with Crippen molar-refractivity contribution in [3.05, 3.63) is 64.4 Å². The van der Waals surface area contributed by atoms with Gasteiger partial charge in [-0.3, -0.25) is 9.71 Å². The van der Waals surface area contributed by atoms with Crippen LogP contribution in [-0.2, 0) is 16.4 Å². The normalized spacial score (nSPS) is 16.6. The van der Waals surface area contributed by atoms with Crippen molar-refractivity contribution in [1.29, 1.82) is 0 Å². The van der Waals surface area contributed by atoms with Gasteiger partial charge in [0.1, 0.15) is 0 Å². The summed E-state index contributed by atoms with van der Waals surface area (Å²) in [5.41, 5.74) is 2.96. The van der Waals surface area contributed by atoms with Gasteiger partial charge in [0.05, 0.1) is 27.3 Å². The highest BCUT2D eigenvalue weighted by atomic mass is 35.5. The first-order valence-electron chi connectivity index (χ1n) is 8.45. The van der Waals surface area contributed by atoms with Crippen LogP contribution >= 0.6 is 22.9 Å². The van der Waals surface area contributed by atoms with Crippen LogP contribution in [0.3, 0.4) is 0 Å². The lowest BCUT2D eigenvalue weighted by molar-refractivity contribution is 0.583. The molecule has 0 saturated carbocycles. The van der Waals surface area contributed by atoms with E-state index in [4.69, 9.17) is 11.6 Å². The highest BCUT2D eigenvalue weighted by Crippen LogP contribution is 2.34. The van der Waals surface area contributed by atoms with Gasteiger partial charge in [-0.25, -0.2) is 13.4 Å². The van der Waals surface area contributed by atoms with Gasteiger partial charge in [0.15, 0.2) is 5.13 Å². The van der Waals surface area contributed by atoms with E-state index < -0.39 is 10.0 Å². The number of nitrogens with one attached hydrogen (secondary N) is 2. The first-order valence-corrected chi connectivity index (χ1v) is 11.2. The minimum absolute atomic E-state index is 0.0587. The Hall–Kier alpha value is -2.16. The molecule has 1 unspecified atom stereocenters. The van der Waals surface area contributed by atoms with Gasteiger partial charge in [0, 0.05) is 17.8 Å². The molecule has 3 aromatic rings. The number of hydrogen-bond donors (Lipinski definition) is 2. The number of benzene rings is 1. The fraction of sp³-hybridized carbons (Fsp3) is 0.222. The number of nitrogens with zero attached hydrogens (tertiary/aromatic N) is 2. The van der Waals surface area contributed by atoms with Crippen molar-refractivity contribution in [2.24, 2.45) is 0 Å². The highest BCUT2D eigenvalue weighted by Gasteiger charge is 2.23. The molecule has 1 aliphatic rings. The summed E-state index contributed by atoms with van der Waals surface area (Å²) in [6.45, 7) is 0. The van der Waals surface area contributed by atoms with Crippen LogP contribution in [0.5, 0.6) is 0 Å². The van der Waals surface area contributed by atoms with Crippen molar-refractivity contribution in [1.82, 2.24) is 9.97 Å². The summed E-state index contributed by atoms with van der Waals surface area (Å²) in [4.78, 5) is 8.54. The van der Waals surface area contributed by atoms with E-state index in [1.54, 1.807) is 23.8 Å². The third-order valence-corrected chi connectivity index (χ3v) is 6.90. The number of halogens is 1. The van der Waals surface area contributed by atoms with Crippen molar-refractivity contribution in [2.45, 2.75) is 30.2 Å². The number of aromatic nitrogens is 2. The molecule has 27 heavy (non-hydrogen) atoms. The molecule has 4 rings (SSSR count). The fourth-order valence-electron chi connectivity index (χ4n) is 3.17. The van der Waals surface area contributed by atoms with Gasteiger partial charge in [-0.1, -0.05) is 17.7 Å². The number of thiazole rings is 1. The van der Waals surface area contributed by atoms with Crippen molar-refractivity contribution in [3.63, 3.8) is 0 Å². The van der Waals surface area contributed by atoms with Crippen LogP contribution in [0.25, 0.3) is 0 Å². The minimum atomic E-state index is -3.73. The molecule has 1 aromatic carbocycles. The lowest BCUT2D eigenvalue weighted by Crippen LogP contribution is -2.19. The highest BCUT2D eigenvalue weighted by molar-refractivity contribution is 7.93. The first kappa shape index (κ1) is 18.2. The van der Waals surface area contributed by atoms with Gasteiger partial charge >= 0.3 is 0 Å². The van der Waals surface area contributed by atoms with Gasteiger partial charge < -0.3 is 5.32 Å². The Morgan fingerprint density at radius 2 is 2.07 bits per heavy atom. The molecule has 2 aromatic heterocycles. The zero-order chi connectivity index (χ0) is 18.9. The zero-order valence-electron chi connectivity index (χ0n) is 14.2. The Kier molecular flexibility index (Phi) is 5.03. The van der Waals surface area contributed by atoms with Crippen LogP contribution in [0, 0.1) is 0 Å². The van der Waals surface area contributed by atoms with Crippen molar-refractivity contribution >= 4 is 43.8 Å². The molecular weight excluding hydrogens is 404 g/mol. The molecule has 1 atom stereocenters. The van der Waals surface area contributed by atoms with Gasteiger partial charge in [-0.15, -0.1) is 11.3 Å². The quantitative estimate of drug-likeness (QED) is 0.635. The van der Waals surface area contributed by atoms with Gasteiger partial charge in [-0.05, 0) is 49.1 Å². The maximum atomic E-state index is 12.5. The summed E-state index contributed by atoms with van der Waals surface area (Å²) in [5, 5.41) is 5.78. The average Bonchev–Trinajstić information content (AvgIpc) is 3.16. The largest absolute Gasteiger partial charge is 0.375 e. The van der Waals surface area contributed by atoms with Crippen LogP contribution < -0.4 is 10.0 Å². The van der Waals surface area contributed by atoms with Gasteiger partial charge in [0.2, 0.25) is 0 Å². The van der Waals surface area contributed by atoms with Crippen molar-refractivity contribution < 1.29 is 8.42 Å². The van der Waals surface area contributed by atoms with Crippen LogP contribution in [-0.4, -0.2) is 18.4 Å². The molecule has 2 N–H and O–H groups in total. The number of anilines is 2. The molecule has 0 saturated heterocycles. The fourth-order valence-corrected chi connectivity index (χ4v) is 5.28. The molecule has 140 valence electrons. The Morgan fingerprint density at radius 1 is 1.19 bits per heavy atom. The van der Waals surface area contributed by atoms with E-state index in [1.807, 2.05) is 6.07 Å². The van der Waals surface area contributed by atoms with Crippen LogP contribution in [0.4, 0.5) is 10.8 Å². The summed E-state index contributed by atoms with van der Waals surface area (Å²) < 4.78 is 27.4. The number of sulfonamides is 1. The van der Waals surface area contributed by atoms with Gasteiger partial charge in [-0.2, -0.15) is 0 Å². The van der Waals surface area contributed by atoms with Crippen molar-refractivity contribution in [3.8, 4) is 0 Å². The maximum absolute atomic E-state index is 12.5. The lowest BCUT2D eigenvalue weighted by Gasteiger charge is -2.26. The van der Waals surface area contributed by atoms with E-state index in [2.05, 4.69) is 26.1 Å². The minimum Gasteiger partial charge on any atom is -0.375 e. The third kappa shape index (κ3) is 3.92. The predicted molar refractivity (Wildman–Crippen MR) is 108 cm³/mol. The topological polar surface area (TPSA) is 84.0 Å².